The molecule has 1 aliphatic rings. The number of thioether (sulfide) groups is 1. The van der Waals surface area contributed by atoms with Crippen LogP contribution in [0.5, 0.6) is 0 Å². The summed E-state index contributed by atoms with van der Waals surface area (Å²) < 4.78 is 22.4. The fraction of sp³-hybridized carbons (Fsp3) is 1.00. The van der Waals surface area contributed by atoms with E-state index in [0.717, 1.165) is 18.6 Å². The molecule has 0 N–H and O–H groups in total. The molecule has 0 saturated carbocycles. The molecule has 0 aromatic heterocycles. The van der Waals surface area contributed by atoms with Gasteiger partial charge in [0.1, 0.15) is 0 Å². The van der Waals surface area contributed by atoms with Gasteiger partial charge in [0.2, 0.25) is 0 Å². The minimum atomic E-state index is -2.83. The van der Waals surface area contributed by atoms with Gasteiger partial charge in [-0.25, -0.2) is 8.42 Å². The Morgan fingerprint density at radius 1 is 1.46 bits per heavy atom. The summed E-state index contributed by atoms with van der Waals surface area (Å²) in [4.78, 5) is 0. The summed E-state index contributed by atoms with van der Waals surface area (Å²) in [5, 5.41) is -0.0509. The number of hydrogen-bond donors (Lipinski definition) is 0. The predicted molar refractivity (Wildman–Crippen MR) is 59.4 cm³/mol. The van der Waals surface area contributed by atoms with Crippen molar-refractivity contribution >= 4 is 33.2 Å². The van der Waals surface area contributed by atoms with Crippen LogP contribution in [0.25, 0.3) is 0 Å². The van der Waals surface area contributed by atoms with Gasteiger partial charge in [0.15, 0.2) is 9.84 Å². The van der Waals surface area contributed by atoms with Crippen molar-refractivity contribution in [3.63, 3.8) is 0 Å². The van der Waals surface area contributed by atoms with Crippen LogP contribution in [0.1, 0.15) is 19.8 Å². The second kappa shape index (κ2) is 4.89. The summed E-state index contributed by atoms with van der Waals surface area (Å²) in [7, 11) is -2.83. The fourth-order valence-corrected chi connectivity index (χ4v) is 6.07. The smallest absolute Gasteiger partial charge is 0.152 e. The predicted octanol–water partition coefficient (Wildman–Crippen LogP) is 1.92. The van der Waals surface area contributed by atoms with Crippen LogP contribution in [0.3, 0.4) is 0 Å². The second-order valence-corrected chi connectivity index (χ2v) is 7.42. The molecule has 1 aliphatic heterocycles. The first-order chi connectivity index (χ1) is 6.05. The SMILES string of the molecule is CCCCSC1CS(=O)(=O)CC1Cl. The molecule has 78 valence electrons. The first kappa shape index (κ1) is 11.7. The molecule has 0 aromatic carbocycles. The highest BCUT2D eigenvalue weighted by atomic mass is 35.5. The molecule has 1 rings (SSSR count). The van der Waals surface area contributed by atoms with Crippen molar-refractivity contribution in [1.82, 2.24) is 0 Å². The Morgan fingerprint density at radius 2 is 2.15 bits per heavy atom. The van der Waals surface area contributed by atoms with Crippen molar-refractivity contribution in [2.45, 2.75) is 30.4 Å². The zero-order chi connectivity index (χ0) is 9.90. The van der Waals surface area contributed by atoms with Crippen LogP contribution in [0.2, 0.25) is 0 Å². The first-order valence-electron chi connectivity index (χ1n) is 4.51. The van der Waals surface area contributed by atoms with E-state index in [0.29, 0.717) is 0 Å². The van der Waals surface area contributed by atoms with Crippen LogP contribution in [0.15, 0.2) is 0 Å². The van der Waals surface area contributed by atoms with E-state index >= 15 is 0 Å². The molecule has 13 heavy (non-hydrogen) atoms. The third kappa shape index (κ3) is 3.68. The van der Waals surface area contributed by atoms with E-state index in [1.807, 2.05) is 0 Å². The number of halogens is 1. The lowest BCUT2D eigenvalue weighted by molar-refractivity contribution is 0.602. The molecule has 1 heterocycles. The van der Waals surface area contributed by atoms with Gasteiger partial charge >= 0.3 is 0 Å². The van der Waals surface area contributed by atoms with Crippen molar-refractivity contribution in [3.8, 4) is 0 Å². The van der Waals surface area contributed by atoms with Gasteiger partial charge in [0.25, 0.3) is 0 Å². The van der Waals surface area contributed by atoms with Gasteiger partial charge in [-0.05, 0) is 12.2 Å². The Balaban J connectivity index is 2.36. The minimum absolute atomic E-state index is 0.123. The molecule has 2 atom stereocenters. The van der Waals surface area contributed by atoms with E-state index < -0.39 is 9.84 Å². The summed E-state index contributed by atoms with van der Waals surface area (Å²) in [5.41, 5.74) is 0. The third-order valence-electron chi connectivity index (χ3n) is 2.06. The maximum absolute atomic E-state index is 11.2. The van der Waals surface area contributed by atoms with Crippen LogP contribution >= 0.6 is 23.4 Å². The van der Waals surface area contributed by atoms with E-state index in [1.54, 1.807) is 11.8 Å². The standard InChI is InChI=1S/C8H15ClO2S2/c1-2-3-4-12-8-6-13(10,11)5-7(8)9/h7-8H,2-6H2,1H3. The van der Waals surface area contributed by atoms with E-state index in [-0.39, 0.29) is 22.1 Å². The van der Waals surface area contributed by atoms with Crippen LogP contribution in [-0.4, -0.2) is 36.3 Å². The van der Waals surface area contributed by atoms with Crippen molar-refractivity contribution in [2.75, 3.05) is 17.3 Å². The van der Waals surface area contributed by atoms with Gasteiger partial charge in [-0.2, -0.15) is 11.8 Å². The summed E-state index contributed by atoms with van der Waals surface area (Å²) in [6.07, 6.45) is 2.30. The zero-order valence-electron chi connectivity index (χ0n) is 7.70. The molecular weight excluding hydrogens is 228 g/mol. The van der Waals surface area contributed by atoms with Crippen LogP contribution in [-0.2, 0) is 9.84 Å². The van der Waals surface area contributed by atoms with Gasteiger partial charge in [-0.1, -0.05) is 13.3 Å². The van der Waals surface area contributed by atoms with Crippen molar-refractivity contribution < 1.29 is 8.42 Å². The summed E-state index contributed by atoms with van der Waals surface area (Å²) in [5.74, 6) is 1.47. The van der Waals surface area contributed by atoms with Crippen molar-refractivity contribution in [2.24, 2.45) is 0 Å². The molecule has 0 amide bonds. The number of sulfone groups is 1. The zero-order valence-corrected chi connectivity index (χ0v) is 10.1. The van der Waals surface area contributed by atoms with Gasteiger partial charge in [0, 0.05) is 5.25 Å². The van der Waals surface area contributed by atoms with Gasteiger partial charge in [-0.15, -0.1) is 11.6 Å². The van der Waals surface area contributed by atoms with Gasteiger partial charge < -0.3 is 0 Å². The average Bonchev–Trinajstić information content (AvgIpc) is 2.25. The maximum Gasteiger partial charge on any atom is 0.152 e. The average molecular weight is 243 g/mol. The minimum Gasteiger partial charge on any atom is -0.229 e. The van der Waals surface area contributed by atoms with Crippen LogP contribution < -0.4 is 0 Å². The summed E-state index contributed by atoms with van der Waals surface area (Å²) in [6.45, 7) is 2.13. The highest BCUT2D eigenvalue weighted by Crippen LogP contribution is 2.29. The molecule has 0 bridgehead atoms. The van der Waals surface area contributed by atoms with E-state index in [9.17, 15) is 8.42 Å². The molecule has 2 unspecified atom stereocenters. The molecule has 2 nitrogen and oxygen atoms in total. The van der Waals surface area contributed by atoms with E-state index in [1.165, 1.54) is 0 Å². The third-order valence-corrected chi connectivity index (χ3v) is 6.25. The number of unbranched alkanes of at least 4 members (excludes halogenated alkanes) is 1. The molecule has 5 heteroatoms. The molecule has 0 aliphatic carbocycles. The van der Waals surface area contributed by atoms with Gasteiger partial charge in [-0.3, -0.25) is 0 Å². The lowest BCUT2D eigenvalue weighted by Crippen LogP contribution is -2.14. The molecule has 0 spiro atoms. The highest BCUT2D eigenvalue weighted by molar-refractivity contribution is 8.02. The van der Waals surface area contributed by atoms with E-state index in [4.69, 9.17) is 11.6 Å². The normalized spacial score (nSPS) is 32.2. The molecule has 1 saturated heterocycles. The second-order valence-electron chi connectivity index (χ2n) is 3.36. The Hall–Kier alpha value is 0.590. The fourth-order valence-electron chi connectivity index (χ4n) is 1.30. The number of hydrogen-bond acceptors (Lipinski definition) is 3. The van der Waals surface area contributed by atoms with Gasteiger partial charge in [0.05, 0.1) is 16.9 Å². The summed E-state index contributed by atoms with van der Waals surface area (Å²) in [6, 6.07) is 0. The Bertz CT molecular complexity index is 251. The highest BCUT2D eigenvalue weighted by Gasteiger charge is 2.36. The van der Waals surface area contributed by atoms with Crippen molar-refractivity contribution in [1.29, 1.82) is 0 Å². The lowest BCUT2D eigenvalue weighted by atomic mass is 10.4. The first-order valence-corrected chi connectivity index (χ1v) is 7.82. The Labute approximate surface area is 89.3 Å². The number of rotatable bonds is 4. The lowest BCUT2D eigenvalue weighted by Gasteiger charge is -2.10. The Kier molecular flexibility index (Phi) is 4.39. The maximum atomic E-state index is 11.2. The molecule has 0 radical (unpaired) electrons. The number of alkyl halides is 1. The largest absolute Gasteiger partial charge is 0.229 e. The quantitative estimate of drug-likeness (QED) is 0.558. The topological polar surface area (TPSA) is 34.1 Å². The Morgan fingerprint density at radius 3 is 2.62 bits per heavy atom. The van der Waals surface area contributed by atoms with Crippen molar-refractivity contribution in [3.05, 3.63) is 0 Å². The molecule has 1 fully saturated rings. The molecule has 0 aromatic rings. The van der Waals surface area contributed by atoms with E-state index in [2.05, 4.69) is 6.92 Å². The van der Waals surface area contributed by atoms with Crippen LogP contribution in [0.4, 0.5) is 0 Å². The molecular formula is C8H15ClO2S2. The van der Waals surface area contributed by atoms with Crippen LogP contribution in [0, 0.1) is 0 Å². The monoisotopic (exact) mass is 242 g/mol. The summed E-state index contributed by atoms with van der Waals surface area (Å²) >= 11 is 7.65.